The van der Waals surface area contributed by atoms with Gasteiger partial charge in [-0.1, -0.05) is 12.1 Å². The molecule has 5 rings (SSSR count). The number of hydrogen-bond donors (Lipinski definition) is 1. The first-order valence-corrected chi connectivity index (χ1v) is 10.2. The Bertz CT molecular complexity index is 1090. The number of fused-ring (bicyclic) bond motifs is 1. The molecule has 30 heavy (non-hydrogen) atoms. The highest BCUT2D eigenvalue weighted by molar-refractivity contribution is 5.77. The molecule has 154 valence electrons. The van der Waals surface area contributed by atoms with Gasteiger partial charge in [0.1, 0.15) is 5.75 Å². The topological polar surface area (TPSA) is 83.3 Å². The highest BCUT2D eigenvalue weighted by Gasteiger charge is 2.19. The van der Waals surface area contributed by atoms with Gasteiger partial charge in [-0.25, -0.2) is 4.98 Å². The number of para-hydroxylation sites is 2. The van der Waals surface area contributed by atoms with E-state index in [0.29, 0.717) is 18.3 Å². The molecule has 1 N–H and O–H groups in total. The van der Waals surface area contributed by atoms with E-state index in [-0.39, 0.29) is 0 Å². The molecule has 1 saturated heterocycles. The Balaban J connectivity index is 1.23. The minimum atomic E-state index is 0.534. The van der Waals surface area contributed by atoms with Gasteiger partial charge in [-0.05, 0) is 42.8 Å². The molecular formula is C22H24N6O2. The maximum absolute atomic E-state index is 5.90. The van der Waals surface area contributed by atoms with Crippen molar-refractivity contribution < 1.29 is 9.15 Å². The van der Waals surface area contributed by atoms with E-state index < -0.39 is 0 Å². The third-order valence-corrected chi connectivity index (χ3v) is 5.43. The molecule has 0 bridgehead atoms. The SMILES string of the molecule is COc1ccc(-c2nnc(CN3CCCN(c4nc5ccccc5[nH]4)CC3)o2)cc1. The first kappa shape index (κ1) is 18.6. The molecule has 1 aliphatic heterocycles. The fourth-order valence-electron chi connectivity index (χ4n) is 3.79. The van der Waals surface area contributed by atoms with Gasteiger partial charge in [-0.2, -0.15) is 0 Å². The third kappa shape index (κ3) is 3.86. The number of H-pyrrole nitrogens is 1. The van der Waals surface area contributed by atoms with Crippen molar-refractivity contribution in [3.8, 4) is 17.2 Å². The zero-order valence-electron chi connectivity index (χ0n) is 16.9. The lowest BCUT2D eigenvalue weighted by molar-refractivity contribution is 0.256. The lowest BCUT2D eigenvalue weighted by Crippen LogP contribution is -2.31. The Morgan fingerprint density at radius 3 is 2.70 bits per heavy atom. The van der Waals surface area contributed by atoms with Gasteiger partial charge in [0.25, 0.3) is 0 Å². The fraction of sp³-hybridized carbons (Fsp3) is 0.318. The van der Waals surface area contributed by atoms with E-state index in [2.05, 4.69) is 31.0 Å². The molecule has 0 spiro atoms. The van der Waals surface area contributed by atoms with Crippen molar-refractivity contribution >= 4 is 17.0 Å². The van der Waals surface area contributed by atoms with Crippen molar-refractivity contribution in [2.24, 2.45) is 0 Å². The average Bonchev–Trinajstić information content (AvgIpc) is 3.36. The number of imidazole rings is 1. The smallest absolute Gasteiger partial charge is 0.247 e. The summed E-state index contributed by atoms with van der Waals surface area (Å²) in [5.41, 5.74) is 2.97. The second-order valence-corrected chi connectivity index (χ2v) is 7.42. The monoisotopic (exact) mass is 404 g/mol. The van der Waals surface area contributed by atoms with Crippen LogP contribution in [0.15, 0.2) is 52.9 Å². The van der Waals surface area contributed by atoms with Crippen LogP contribution in [0.2, 0.25) is 0 Å². The van der Waals surface area contributed by atoms with Gasteiger partial charge < -0.3 is 19.0 Å². The van der Waals surface area contributed by atoms with Crippen molar-refractivity contribution in [2.75, 3.05) is 38.2 Å². The molecule has 0 unspecified atom stereocenters. The van der Waals surface area contributed by atoms with E-state index in [9.17, 15) is 0 Å². The molecule has 0 aliphatic carbocycles. The molecule has 8 nitrogen and oxygen atoms in total. The van der Waals surface area contributed by atoms with Crippen LogP contribution in [0.1, 0.15) is 12.3 Å². The molecule has 2 aromatic carbocycles. The number of aromatic nitrogens is 4. The molecule has 2 aromatic heterocycles. The second-order valence-electron chi connectivity index (χ2n) is 7.42. The van der Waals surface area contributed by atoms with E-state index in [4.69, 9.17) is 14.1 Å². The van der Waals surface area contributed by atoms with Crippen LogP contribution in [0.25, 0.3) is 22.5 Å². The molecular weight excluding hydrogens is 380 g/mol. The zero-order chi connectivity index (χ0) is 20.3. The predicted octanol–water partition coefficient (Wildman–Crippen LogP) is 3.33. The molecule has 8 heteroatoms. The Morgan fingerprint density at radius 1 is 1.00 bits per heavy atom. The molecule has 0 saturated carbocycles. The summed E-state index contributed by atoms with van der Waals surface area (Å²) in [5, 5.41) is 8.45. The minimum Gasteiger partial charge on any atom is -0.497 e. The highest BCUT2D eigenvalue weighted by atomic mass is 16.5. The first-order valence-electron chi connectivity index (χ1n) is 10.2. The Kier molecular flexibility index (Phi) is 5.06. The Morgan fingerprint density at radius 2 is 1.87 bits per heavy atom. The third-order valence-electron chi connectivity index (χ3n) is 5.43. The Labute approximate surface area is 174 Å². The standard InChI is InChI=1S/C22H24N6O2/c1-29-17-9-7-16(8-10-17)21-26-25-20(30-21)15-27-11-4-12-28(14-13-27)22-23-18-5-2-3-6-19(18)24-22/h2-3,5-10H,4,11-15H2,1H3,(H,23,24). The van der Waals surface area contributed by atoms with Crippen LogP contribution in [0, 0.1) is 0 Å². The van der Waals surface area contributed by atoms with Gasteiger partial charge in [-0.3, -0.25) is 4.90 Å². The van der Waals surface area contributed by atoms with Crippen LogP contribution >= 0.6 is 0 Å². The molecule has 1 fully saturated rings. The van der Waals surface area contributed by atoms with Gasteiger partial charge in [0.2, 0.25) is 17.7 Å². The van der Waals surface area contributed by atoms with Crippen molar-refractivity contribution in [1.29, 1.82) is 0 Å². The largest absolute Gasteiger partial charge is 0.497 e. The van der Waals surface area contributed by atoms with Gasteiger partial charge in [-0.15, -0.1) is 10.2 Å². The molecule has 0 atom stereocenters. The summed E-state index contributed by atoms with van der Waals surface area (Å²) in [4.78, 5) is 12.8. The number of methoxy groups -OCH3 is 1. The summed E-state index contributed by atoms with van der Waals surface area (Å²) in [6, 6.07) is 15.8. The van der Waals surface area contributed by atoms with Gasteiger partial charge in [0, 0.05) is 31.7 Å². The first-order chi connectivity index (χ1) is 14.8. The molecule has 3 heterocycles. The van der Waals surface area contributed by atoms with Crippen LogP contribution in [-0.2, 0) is 6.54 Å². The van der Waals surface area contributed by atoms with Crippen LogP contribution < -0.4 is 9.64 Å². The van der Waals surface area contributed by atoms with E-state index >= 15 is 0 Å². The molecule has 4 aromatic rings. The van der Waals surface area contributed by atoms with Crippen LogP contribution in [0.3, 0.4) is 0 Å². The highest BCUT2D eigenvalue weighted by Crippen LogP contribution is 2.22. The van der Waals surface area contributed by atoms with Crippen molar-refractivity contribution in [1.82, 2.24) is 25.1 Å². The summed E-state index contributed by atoms with van der Waals surface area (Å²) < 4.78 is 11.1. The zero-order valence-corrected chi connectivity index (χ0v) is 16.9. The molecule has 1 aliphatic rings. The minimum absolute atomic E-state index is 0.534. The average molecular weight is 404 g/mol. The van der Waals surface area contributed by atoms with E-state index in [1.807, 2.05) is 42.5 Å². The lowest BCUT2D eigenvalue weighted by Gasteiger charge is -2.20. The predicted molar refractivity (Wildman–Crippen MR) is 114 cm³/mol. The summed E-state index contributed by atoms with van der Waals surface area (Å²) in [6.45, 7) is 4.42. The van der Waals surface area contributed by atoms with E-state index in [1.165, 1.54) is 0 Å². The normalized spacial score (nSPS) is 15.4. The quantitative estimate of drug-likeness (QED) is 0.546. The van der Waals surface area contributed by atoms with E-state index in [1.54, 1.807) is 7.11 Å². The number of benzene rings is 2. The summed E-state index contributed by atoms with van der Waals surface area (Å²) in [5.74, 6) is 2.92. The number of aromatic amines is 1. The Hall–Kier alpha value is -3.39. The van der Waals surface area contributed by atoms with Crippen LogP contribution in [-0.4, -0.2) is 58.4 Å². The number of hydrogen-bond acceptors (Lipinski definition) is 7. The fourth-order valence-corrected chi connectivity index (χ4v) is 3.79. The number of anilines is 1. The number of nitrogens with zero attached hydrogens (tertiary/aromatic N) is 5. The second kappa shape index (κ2) is 8.16. The maximum atomic E-state index is 5.90. The van der Waals surface area contributed by atoms with Crippen molar-refractivity contribution in [2.45, 2.75) is 13.0 Å². The van der Waals surface area contributed by atoms with Gasteiger partial charge >= 0.3 is 0 Å². The van der Waals surface area contributed by atoms with Crippen molar-refractivity contribution in [3.05, 3.63) is 54.4 Å². The number of rotatable bonds is 5. The van der Waals surface area contributed by atoms with Crippen LogP contribution in [0.5, 0.6) is 5.75 Å². The number of ether oxygens (including phenoxy) is 1. The maximum Gasteiger partial charge on any atom is 0.247 e. The van der Waals surface area contributed by atoms with Gasteiger partial charge in [0.05, 0.1) is 24.7 Å². The molecule has 0 radical (unpaired) electrons. The number of nitrogens with one attached hydrogen (secondary N) is 1. The lowest BCUT2D eigenvalue weighted by atomic mass is 10.2. The van der Waals surface area contributed by atoms with Crippen LogP contribution in [0.4, 0.5) is 5.95 Å². The van der Waals surface area contributed by atoms with E-state index in [0.717, 1.165) is 60.9 Å². The summed E-state index contributed by atoms with van der Waals surface area (Å²) >= 11 is 0. The summed E-state index contributed by atoms with van der Waals surface area (Å²) in [6.07, 6.45) is 1.05. The summed E-state index contributed by atoms with van der Waals surface area (Å²) in [7, 11) is 1.65. The van der Waals surface area contributed by atoms with Gasteiger partial charge in [0.15, 0.2) is 0 Å². The molecule has 0 amide bonds. The van der Waals surface area contributed by atoms with Crippen molar-refractivity contribution in [3.63, 3.8) is 0 Å².